The lowest BCUT2D eigenvalue weighted by molar-refractivity contribution is -0.187. The summed E-state index contributed by atoms with van der Waals surface area (Å²) in [6.07, 6.45) is -4.44. The van der Waals surface area contributed by atoms with Crippen molar-refractivity contribution in [2.24, 2.45) is 0 Å². The molecule has 2 N–H and O–H groups in total. The van der Waals surface area contributed by atoms with Gasteiger partial charge in [0.05, 0.1) is 12.1 Å². The van der Waals surface area contributed by atoms with Gasteiger partial charge < -0.3 is 15.2 Å². The number of ether oxygens (including phenoxy) is 1. The van der Waals surface area contributed by atoms with E-state index in [0.29, 0.717) is 13.1 Å². The maximum atomic E-state index is 13.4. The number of phenolic OH excluding ortho intramolecular Hbond substituents is 1. The van der Waals surface area contributed by atoms with E-state index in [-0.39, 0.29) is 35.2 Å². The summed E-state index contributed by atoms with van der Waals surface area (Å²) in [6, 6.07) is 0.549. The van der Waals surface area contributed by atoms with Gasteiger partial charge in [0.25, 0.3) is 0 Å². The molecule has 1 atom stereocenters. The van der Waals surface area contributed by atoms with Crippen molar-refractivity contribution in [2.45, 2.75) is 12.2 Å². The zero-order valence-electron chi connectivity index (χ0n) is 11.4. The van der Waals surface area contributed by atoms with Gasteiger partial charge in [-0.15, -0.1) is 0 Å². The monoisotopic (exact) mass is 324 g/mol. The molecule has 0 amide bonds. The number of alkyl halides is 3. The molecule has 21 heavy (non-hydrogen) atoms. The fraction of sp³-hybridized carbons (Fsp3) is 0.538. The van der Waals surface area contributed by atoms with E-state index >= 15 is 0 Å². The van der Waals surface area contributed by atoms with Gasteiger partial charge in [-0.1, -0.05) is 11.6 Å². The Labute approximate surface area is 125 Å². The largest absolute Gasteiger partial charge is 0.503 e. The third-order valence-corrected chi connectivity index (χ3v) is 3.70. The van der Waals surface area contributed by atoms with Crippen molar-refractivity contribution >= 4 is 11.6 Å². The van der Waals surface area contributed by atoms with Crippen molar-refractivity contribution in [1.29, 1.82) is 0 Å². The zero-order valence-corrected chi connectivity index (χ0v) is 12.1. The van der Waals surface area contributed by atoms with Gasteiger partial charge in [-0.3, -0.25) is 4.90 Å². The van der Waals surface area contributed by atoms with Crippen LogP contribution in [-0.4, -0.2) is 49.5 Å². The summed E-state index contributed by atoms with van der Waals surface area (Å²) < 4.78 is 45.2. The highest BCUT2D eigenvalue weighted by atomic mass is 35.5. The number of nitrogens with zero attached hydrogens (tertiary/aromatic N) is 1. The molecule has 0 bridgehead atoms. The molecule has 1 heterocycles. The van der Waals surface area contributed by atoms with Crippen LogP contribution in [0, 0.1) is 0 Å². The predicted octanol–water partition coefficient (Wildman–Crippen LogP) is 2.56. The number of halogens is 4. The summed E-state index contributed by atoms with van der Waals surface area (Å²) in [5.41, 5.74) is -0.0379. The van der Waals surface area contributed by atoms with Crippen molar-refractivity contribution in [3.05, 3.63) is 22.7 Å². The summed E-state index contributed by atoms with van der Waals surface area (Å²) in [5, 5.41) is 12.5. The van der Waals surface area contributed by atoms with Crippen molar-refractivity contribution < 1.29 is 23.0 Å². The first-order valence-corrected chi connectivity index (χ1v) is 6.80. The second-order valence-electron chi connectivity index (χ2n) is 4.78. The molecule has 0 aromatic heterocycles. The van der Waals surface area contributed by atoms with Gasteiger partial charge in [0.15, 0.2) is 11.5 Å². The molecule has 8 heteroatoms. The molecule has 1 aliphatic rings. The maximum Gasteiger partial charge on any atom is 0.408 e. The average molecular weight is 325 g/mol. The second kappa shape index (κ2) is 6.29. The molecule has 0 saturated carbocycles. The van der Waals surface area contributed by atoms with Crippen LogP contribution in [0.2, 0.25) is 5.02 Å². The number of phenols is 1. The van der Waals surface area contributed by atoms with Gasteiger partial charge in [-0.25, -0.2) is 0 Å². The maximum absolute atomic E-state index is 13.4. The van der Waals surface area contributed by atoms with Gasteiger partial charge in [0, 0.05) is 26.2 Å². The molecule has 2 rings (SSSR count). The molecule has 1 fully saturated rings. The van der Waals surface area contributed by atoms with Crippen LogP contribution >= 0.6 is 11.6 Å². The van der Waals surface area contributed by atoms with Crippen molar-refractivity contribution in [1.82, 2.24) is 10.2 Å². The van der Waals surface area contributed by atoms with E-state index in [4.69, 9.17) is 16.3 Å². The average Bonchev–Trinajstić information content (AvgIpc) is 2.42. The highest BCUT2D eigenvalue weighted by Crippen LogP contribution is 2.43. The van der Waals surface area contributed by atoms with Crippen LogP contribution in [0.25, 0.3) is 0 Å². The van der Waals surface area contributed by atoms with Crippen LogP contribution in [0.15, 0.2) is 12.1 Å². The minimum Gasteiger partial charge on any atom is -0.503 e. The number of methoxy groups -OCH3 is 1. The van der Waals surface area contributed by atoms with Crippen molar-refractivity contribution in [3.63, 3.8) is 0 Å². The molecule has 1 aliphatic heterocycles. The lowest BCUT2D eigenvalue weighted by Gasteiger charge is -2.36. The summed E-state index contributed by atoms with van der Waals surface area (Å²) in [6.45, 7) is 1.56. The second-order valence-corrected chi connectivity index (χ2v) is 5.19. The summed E-state index contributed by atoms with van der Waals surface area (Å²) in [4.78, 5) is 1.35. The Balaban J connectivity index is 2.43. The third-order valence-electron chi connectivity index (χ3n) is 3.41. The molecule has 118 valence electrons. The van der Waals surface area contributed by atoms with Crippen LogP contribution < -0.4 is 10.1 Å². The SMILES string of the molecule is COc1cc([C@@H](N2CCNCC2)C(F)(F)F)cc(Cl)c1O. The Kier molecular flexibility index (Phi) is 4.85. The number of hydrogen-bond acceptors (Lipinski definition) is 4. The molecule has 0 aliphatic carbocycles. The van der Waals surface area contributed by atoms with E-state index in [1.807, 2.05) is 0 Å². The molecular weight excluding hydrogens is 309 g/mol. The topological polar surface area (TPSA) is 44.7 Å². The normalized spacial score (nSPS) is 18.5. The van der Waals surface area contributed by atoms with E-state index in [1.54, 1.807) is 0 Å². The molecular formula is C13H16ClF3N2O2. The standard InChI is InChI=1S/C13H16ClF3N2O2/c1-21-10-7-8(6-9(14)11(10)20)12(13(15,16)17)19-4-2-18-3-5-19/h6-7,12,18,20H,2-5H2,1H3/t12-/m1/s1. The molecule has 0 radical (unpaired) electrons. The predicted molar refractivity (Wildman–Crippen MR) is 72.9 cm³/mol. The van der Waals surface area contributed by atoms with Crippen LogP contribution in [-0.2, 0) is 0 Å². The Hall–Kier alpha value is -1.18. The molecule has 0 spiro atoms. The lowest BCUT2D eigenvalue weighted by Crippen LogP contribution is -2.49. The van der Waals surface area contributed by atoms with Gasteiger partial charge >= 0.3 is 6.18 Å². The molecule has 1 aromatic rings. The Morgan fingerprint density at radius 3 is 2.48 bits per heavy atom. The fourth-order valence-electron chi connectivity index (χ4n) is 2.45. The first kappa shape index (κ1) is 16.2. The first-order valence-electron chi connectivity index (χ1n) is 6.42. The van der Waals surface area contributed by atoms with E-state index in [0.717, 1.165) is 6.07 Å². The van der Waals surface area contributed by atoms with Gasteiger partial charge in [0.2, 0.25) is 0 Å². The molecule has 1 saturated heterocycles. The summed E-state index contributed by atoms with van der Waals surface area (Å²) in [7, 11) is 1.27. The Morgan fingerprint density at radius 2 is 1.95 bits per heavy atom. The van der Waals surface area contributed by atoms with E-state index < -0.39 is 12.2 Å². The molecule has 4 nitrogen and oxygen atoms in total. The number of aromatic hydroxyl groups is 1. The van der Waals surface area contributed by atoms with Crippen molar-refractivity contribution in [3.8, 4) is 11.5 Å². The van der Waals surface area contributed by atoms with Gasteiger partial charge in [-0.2, -0.15) is 13.2 Å². The zero-order chi connectivity index (χ0) is 15.6. The minimum absolute atomic E-state index is 0.0379. The highest BCUT2D eigenvalue weighted by Gasteiger charge is 2.45. The number of rotatable bonds is 3. The van der Waals surface area contributed by atoms with Crippen LogP contribution in [0.1, 0.15) is 11.6 Å². The number of piperazine rings is 1. The number of nitrogens with one attached hydrogen (secondary N) is 1. The van der Waals surface area contributed by atoms with Crippen LogP contribution in [0.4, 0.5) is 13.2 Å². The van der Waals surface area contributed by atoms with Crippen LogP contribution in [0.3, 0.4) is 0 Å². The third kappa shape index (κ3) is 3.53. The fourth-order valence-corrected chi connectivity index (χ4v) is 2.67. The van der Waals surface area contributed by atoms with Gasteiger partial charge in [-0.05, 0) is 17.7 Å². The number of benzene rings is 1. The van der Waals surface area contributed by atoms with Crippen molar-refractivity contribution in [2.75, 3.05) is 33.3 Å². The molecule has 1 aromatic carbocycles. The smallest absolute Gasteiger partial charge is 0.408 e. The Bertz CT molecular complexity index is 505. The van der Waals surface area contributed by atoms with Crippen LogP contribution in [0.5, 0.6) is 11.5 Å². The first-order chi connectivity index (χ1) is 9.84. The quantitative estimate of drug-likeness (QED) is 0.897. The summed E-state index contributed by atoms with van der Waals surface area (Å²) in [5.74, 6) is -0.425. The van der Waals surface area contributed by atoms with Gasteiger partial charge in [0.1, 0.15) is 6.04 Å². The van der Waals surface area contributed by atoms with E-state index in [9.17, 15) is 18.3 Å². The lowest BCUT2D eigenvalue weighted by atomic mass is 10.0. The van der Waals surface area contributed by atoms with E-state index in [1.165, 1.54) is 18.1 Å². The number of hydrogen-bond donors (Lipinski definition) is 2. The molecule has 0 unspecified atom stereocenters. The minimum atomic E-state index is -4.44. The Morgan fingerprint density at radius 1 is 1.33 bits per heavy atom. The summed E-state index contributed by atoms with van der Waals surface area (Å²) >= 11 is 5.80. The van der Waals surface area contributed by atoms with E-state index in [2.05, 4.69) is 5.32 Å². The highest BCUT2D eigenvalue weighted by molar-refractivity contribution is 6.32.